The minimum atomic E-state index is -1.03. The second kappa shape index (κ2) is 9.02. The second-order valence-electron chi connectivity index (χ2n) is 5.98. The Morgan fingerprint density at radius 3 is 2.38 bits per heavy atom. The average molecular weight is 336 g/mol. The molecular formula is C17H24N2O5. The van der Waals surface area contributed by atoms with Gasteiger partial charge in [-0.3, -0.25) is 14.4 Å². The Morgan fingerprint density at radius 2 is 1.88 bits per heavy atom. The molecule has 2 unspecified atom stereocenters. The molecule has 24 heavy (non-hydrogen) atoms. The molecule has 0 aliphatic rings. The first-order valence-electron chi connectivity index (χ1n) is 7.59. The summed E-state index contributed by atoms with van der Waals surface area (Å²) >= 11 is 0. The highest BCUT2D eigenvalue weighted by Crippen LogP contribution is 2.18. The largest absolute Gasteiger partial charge is 0.481 e. The summed E-state index contributed by atoms with van der Waals surface area (Å²) in [5.41, 5.74) is -0.218. The van der Waals surface area contributed by atoms with Crippen molar-refractivity contribution in [2.75, 3.05) is 13.7 Å². The third-order valence-electron chi connectivity index (χ3n) is 3.41. The molecule has 0 saturated heterocycles. The number of hydrogen-bond donors (Lipinski definition) is 3. The van der Waals surface area contributed by atoms with Gasteiger partial charge in [-0.2, -0.15) is 0 Å². The number of nitrogens with one attached hydrogen (secondary N) is 2. The van der Waals surface area contributed by atoms with Crippen LogP contribution in [0.25, 0.3) is 0 Å². The van der Waals surface area contributed by atoms with E-state index in [0.717, 1.165) is 5.56 Å². The Kier molecular flexibility index (Phi) is 7.38. The van der Waals surface area contributed by atoms with Crippen LogP contribution in [-0.2, 0) is 19.1 Å². The molecule has 0 fully saturated rings. The van der Waals surface area contributed by atoms with Crippen LogP contribution >= 0.6 is 0 Å². The lowest BCUT2D eigenvalue weighted by Gasteiger charge is -2.29. The SMILES string of the molecule is COCC(C)(CC(=O)O)NC(=O)CC(NC(C)=O)c1ccccc1. The number of ether oxygens (including phenoxy) is 1. The van der Waals surface area contributed by atoms with Gasteiger partial charge in [0.15, 0.2) is 0 Å². The first-order chi connectivity index (χ1) is 11.3. The molecule has 1 aromatic rings. The highest BCUT2D eigenvalue weighted by molar-refractivity contribution is 5.80. The van der Waals surface area contributed by atoms with Crippen molar-refractivity contribution in [1.82, 2.24) is 10.6 Å². The van der Waals surface area contributed by atoms with Crippen LogP contribution in [0.5, 0.6) is 0 Å². The van der Waals surface area contributed by atoms with Gasteiger partial charge in [-0.05, 0) is 12.5 Å². The van der Waals surface area contributed by atoms with Crippen LogP contribution in [0.4, 0.5) is 0 Å². The number of rotatable bonds is 9. The van der Waals surface area contributed by atoms with Crippen LogP contribution in [-0.4, -0.2) is 42.1 Å². The van der Waals surface area contributed by atoms with Crippen LogP contribution in [0.1, 0.15) is 38.3 Å². The Balaban J connectivity index is 2.83. The first-order valence-corrected chi connectivity index (χ1v) is 7.59. The van der Waals surface area contributed by atoms with Gasteiger partial charge in [-0.25, -0.2) is 0 Å². The van der Waals surface area contributed by atoms with Gasteiger partial charge in [-0.15, -0.1) is 0 Å². The van der Waals surface area contributed by atoms with Crippen LogP contribution in [0.3, 0.4) is 0 Å². The second-order valence-corrected chi connectivity index (χ2v) is 5.98. The highest BCUT2D eigenvalue weighted by atomic mass is 16.5. The summed E-state index contributed by atoms with van der Waals surface area (Å²) in [6.07, 6.45) is -0.259. The van der Waals surface area contributed by atoms with Crippen LogP contribution < -0.4 is 10.6 Å². The lowest BCUT2D eigenvalue weighted by molar-refractivity contribution is -0.139. The molecule has 2 atom stereocenters. The summed E-state index contributed by atoms with van der Waals surface area (Å²) in [7, 11) is 1.44. The van der Waals surface area contributed by atoms with Gasteiger partial charge in [0.05, 0.1) is 31.0 Å². The number of carbonyl (C=O) groups excluding carboxylic acids is 2. The zero-order valence-corrected chi connectivity index (χ0v) is 14.2. The summed E-state index contributed by atoms with van der Waals surface area (Å²) in [4.78, 5) is 34.8. The Hall–Kier alpha value is -2.41. The first kappa shape index (κ1) is 19.6. The molecule has 0 aromatic heterocycles. The zero-order chi connectivity index (χ0) is 18.2. The summed E-state index contributed by atoms with van der Waals surface area (Å²) in [5, 5.41) is 14.4. The molecular weight excluding hydrogens is 312 g/mol. The van der Waals surface area contributed by atoms with Crippen molar-refractivity contribution in [1.29, 1.82) is 0 Å². The lowest BCUT2D eigenvalue weighted by Crippen LogP contribution is -2.51. The van der Waals surface area contributed by atoms with Crippen molar-refractivity contribution < 1.29 is 24.2 Å². The number of amides is 2. The van der Waals surface area contributed by atoms with Crippen molar-refractivity contribution in [3.05, 3.63) is 35.9 Å². The van der Waals surface area contributed by atoms with E-state index in [1.54, 1.807) is 6.92 Å². The topological polar surface area (TPSA) is 105 Å². The molecule has 7 heteroatoms. The fourth-order valence-electron chi connectivity index (χ4n) is 2.54. The van der Waals surface area contributed by atoms with E-state index in [1.807, 2.05) is 30.3 Å². The van der Waals surface area contributed by atoms with E-state index in [-0.39, 0.29) is 31.3 Å². The van der Waals surface area contributed by atoms with E-state index in [0.29, 0.717) is 0 Å². The molecule has 0 heterocycles. The average Bonchev–Trinajstić information content (AvgIpc) is 2.45. The molecule has 0 aliphatic heterocycles. The minimum absolute atomic E-state index is 0.00250. The highest BCUT2D eigenvalue weighted by Gasteiger charge is 2.30. The van der Waals surface area contributed by atoms with E-state index in [2.05, 4.69) is 10.6 Å². The molecule has 3 N–H and O–H groups in total. The Labute approximate surface area is 141 Å². The number of benzene rings is 1. The summed E-state index contributed by atoms with van der Waals surface area (Å²) in [6, 6.07) is 8.64. The predicted octanol–water partition coefficient (Wildman–Crippen LogP) is 1.25. The Morgan fingerprint density at radius 1 is 1.25 bits per heavy atom. The predicted molar refractivity (Wildman–Crippen MR) is 88.3 cm³/mol. The summed E-state index contributed by atoms with van der Waals surface area (Å²) in [6.45, 7) is 3.06. The fourth-order valence-corrected chi connectivity index (χ4v) is 2.54. The number of hydrogen-bond acceptors (Lipinski definition) is 4. The van der Waals surface area contributed by atoms with Crippen molar-refractivity contribution in [2.24, 2.45) is 0 Å². The van der Waals surface area contributed by atoms with Gasteiger partial charge in [0, 0.05) is 14.0 Å². The zero-order valence-electron chi connectivity index (χ0n) is 14.2. The van der Waals surface area contributed by atoms with E-state index in [9.17, 15) is 14.4 Å². The number of carbonyl (C=O) groups is 3. The molecule has 0 aliphatic carbocycles. The number of carboxylic acid groups (broad SMARTS) is 1. The van der Waals surface area contributed by atoms with Crippen molar-refractivity contribution in [3.8, 4) is 0 Å². The quantitative estimate of drug-likeness (QED) is 0.629. The molecule has 2 amide bonds. The molecule has 132 valence electrons. The van der Waals surface area contributed by atoms with Crippen molar-refractivity contribution in [3.63, 3.8) is 0 Å². The van der Waals surface area contributed by atoms with Gasteiger partial charge in [0.1, 0.15) is 0 Å². The van der Waals surface area contributed by atoms with Gasteiger partial charge in [-0.1, -0.05) is 30.3 Å². The van der Waals surface area contributed by atoms with Crippen LogP contribution in [0.15, 0.2) is 30.3 Å². The maximum Gasteiger partial charge on any atom is 0.305 e. The lowest BCUT2D eigenvalue weighted by atomic mass is 9.97. The third-order valence-corrected chi connectivity index (χ3v) is 3.41. The molecule has 0 bridgehead atoms. The monoisotopic (exact) mass is 336 g/mol. The van der Waals surface area contributed by atoms with Crippen molar-refractivity contribution >= 4 is 17.8 Å². The van der Waals surface area contributed by atoms with Crippen molar-refractivity contribution in [2.45, 2.75) is 38.3 Å². The summed E-state index contributed by atoms with van der Waals surface area (Å²) in [5.74, 6) is -1.64. The van der Waals surface area contributed by atoms with Gasteiger partial charge in [0.25, 0.3) is 0 Å². The smallest absolute Gasteiger partial charge is 0.305 e. The van der Waals surface area contributed by atoms with Gasteiger partial charge < -0.3 is 20.5 Å². The maximum atomic E-state index is 12.4. The van der Waals surface area contributed by atoms with E-state index >= 15 is 0 Å². The molecule has 1 rings (SSSR count). The normalized spacial score (nSPS) is 14.3. The standard InChI is InChI=1S/C17H24N2O5/c1-12(20)18-14(13-7-5-4-6-8-13)9-15(21)19-17(2,11-24-3)10-16(22)23/h4-8,14H,9-11H2,1-3H3,(H,18,20)(H,19,21)(H,22,23). The molecule has 0 radical (unpaired) electrons. The number of carboxylic acids is 1. The van der Waals surface area contributed by atoms with Crippen LogP contribution in [0, 0.1) is 0 Å². The maximum absolute atomic E-state index is 12.4. The van der Waals surface area contributed by atoms with Gasteiger partial charge >= 0.3 is 5.97 Å². The van der Waals surface area contributed by atoms with E-state index in [1.165, 1.54) is 14.0 Å². The Bertz CT molecular complexity index is 576. The molecule has 0 saturated carbocycles. The number of aliphatic carboxylic acids is 1. The summed E-state index contributed by atoms with van der Waals surface area (Å²) < 4.78 is 5.02. The number of methoxy groups -OCH3 is 1. The van der Waals surface area contributed by atoms with Gasteiger partial charge in [0.2, 0.25) is 11.8 Å². The molecule has 7 nitrogen and oxygen atoms in total. The molecule has 0 spiro atoms. The fraction of sp³-hybridized carbons (Fsp3) is 0.471. The third kappa shape index (κ3) is 6.78. The van der Waals surface area contributed by atoms with E-state index < -0.39 is 17.6 Å². The van der Waals surface area contributed by atoms with Crippen LogP contribution in [0.2, 0.25) is 0 Å². The molecule has 1 aromatic carbocycles. The minimum Gasteiger partial charge on any atom is -0.481 e. The van der Waals surface area contributed by atoms with E-state index in [4.69, 9.17) is 9.84 Å².